The number of benzene rings is 2. The van der Waals surface area contributed by atoms with Crippen molar-refractivity contribution < 1.29 is 27.5 Å². The highest BCUT2D eigenvalue weighted by molar-refractivity contribution is 7.91. The van der Waals surface area contributed by atoms with Crippen LogP contribution in [0, 0.1) is 6.92 Å². The van der Waals surface area contributed by atoms with Crippen LogP contribution < -0.4 is 20.1 Å². The van der Waals surface area contributed by atoms with Crippen LogP contribution in [0.1, 0.15) is 21.3 Å². The van der Waals surface area contributed by atoms with Crippen molar-refractivity contribution in [1.82, 2.24) is 10.6 Å². The van der Waals surface area contributed by atoms with Gasteiger partial charge in [-0.3, -0.25) is 9.59 Å². The molecule has 2 heterocycles. The number of amides is 2. The molecule has 1 unspecified atom stereocenters. The fraction of sp³-hybridized carbons (Fsp3) is 0.217. The molecular weight excluding hydrogens is 464 g/mol. The van der Waals surface area contributed by atoms with E-state index in [0.717, 1.165) is 11.1 Å². The van der Waals surface area contributed by atoms with Gasteiger partial charge in [-0.05, 0) is 48.2 Å². The zero-order chi connectivity index (χ0) is 23.4. The third-order valence-electron chi connectivity index (χ3n) is 5.13. The molecule has 0 saturated heterocycles. The number of carbonyl (C=O) groups excluding carboxylic acids is 2. The SMILES string of the molecule is Cc1ccc(S(=O)(=O)C(CNC(=O)C(=O)NCc2ccc3c(c2)OCO3)c2cccs2)cc1. The van der Waals surface area contributed by atoms with Crippen molar-refractivity contribution >= 4 is 33.0 Å². The van der Waals surface area contributed by atoms with Crippen LogP contribution in [-0.4, -0.2) is 33.6 Å². The smallest absolute Gasteiger partial charge is 0.309 e. The Morgan fingerprint density at radius 2 is 1.73 bits per heavy atom. The number of hydrogen-bond donors (Lipinski definition) is 2. The second-order valence-electron chi connectivity index (χ2n) is 7.44. The molecule has 1 aliphatic heterocycles. The number of carbonyl (C=O) groups is 2. The molecule has 0 spiro atoms. The highest BCUT2D eigenvalue weighted by atomic mass is 32.2. The van der Waals surface area contributed by atoms with Crippen molar-refractivity contribution in [3.05, 3.63) is 76.0 Å². The van der Waals surface area contributed by atoms with Gasteiger partial charge in [0.15, 0.2) is 21.3 Å². The minimum absolute atomic E-state index is 0.110. The molecule has 1 atom stereocenters. The molecule has 1 aliphatic rings. The summed E-state index contributed by atoms with van der Waals surface area (Å²) in [6.45, 7) is 1.89. The molecule has 0 fully saturated rings. The number of aryl methyl sites for hydroxylation is 1. The predicted octanol–water partition coefficient (Wildman–Crippen LogP) is 2.73. The second-order valence-corrected chi connectivity index (χ2v) is 10.6. The van der Waals surface area contributed by atoms with E-state index in [2.05, 4.69) is 10.6 Å². The van der Waals surface area contributed by atoms with Crippen LogP contribution in [0.3, 0.4) is 0 Å². The van der Waals surface area contributed by atoms with Gasteiger partial charge in [-0.25, -0.2) is 8.42 Å². The number of ether oxygens (including phenoxy) is 2. The molecule has 2 amide bonds. The van der Waals surface area contributed by atoms with Crippen LogP contribution in [0.25, 0.3) is 0 Å². The second kappa shape index (κ2) is 9.63. The Labute approximate surface area is 195 Å². The molecule has 2 aromatic carbocycles. The maximum atomic E-state index is 13.3. The van der Waals surface area contributed by atoms with E-state index in [1.807, 2.05) is 6.92 Å². The van der Waals surface area contributed by atoms with E-state index in [1.54, 1.807) is 60.0 Å². The molecule has 33 heavy (non-hydrogen) atoms. The number of sulfone groups is 1. The fourth-order valence-corrected chi connectivity index (χ4v) is 6.09. The third kappa shape index (κ3) is 5.18. The first-order valence-electron chi connectivity index (χ1n) is 10.1. The first-order valence-corrected chi connectivity index (χ1v) is 12.6. The van der Waals surface area contributed by atoms with E-state index in [-0.39, 0.29) is 24.8 Å². The number of fused-ring (bicyclic) bond motifs is 1. The molecule has 3 aromatic rings. The Bertz CT molecular complexity index is 1250. The van der Waals surface area contributed by atoms with Crippen molar-refractivity contribution in [1.29, 1.82) is 0 Å². The molecule has 0 radical (unpaired) electrons. The van der Waals surface area contributed by atoms with Gasteiger partial charge in [-0.1, -0.05) is 29.8 Å². The van der Waals surface area contributed by atoms with Gasteiger partial charge in [-0.2, -0.15) is 0 Å². The molecule has 0 saturated carbocycles. The summed E-state index contributed by atoms with van der Waals surface area (Å²) in [4.78, 5) is 25.4. The summed E-state index contributed by atoms with van der Waals surface area (Å²) in [7, 11) is -3.79. The van der Waals surface area contributed by atoms with Crippen LogP contribution in [0.15, 0.2) is 64.9 Å². The highest BCUT2D eigenvalue weighted by Crippen LogP contribution is 2.33. The monoisotopic (exact) mass is 486 g/mol. The van der Waals surface area contributed by atoms with E-state index in [9.17, 15) is 18.0 Å². The van der Waals surface area contributed by atoms with Crippen molar-refractivity contribution in [3.63, 3.8) is 0 Å². The van der Waals surface area contributed by atoms with Crippen LogP contribution in [-0.2, 0) is 26.0 Å². The zero-order valence-corrected chi connectivity index (χ0v) is 19.4. The van der Waals surface area contributed by atoms with Gasteiger partial charge in [0.25, 0.3) is 0 Å². The summed E-state index contributed by atoms with van der Waals surface area (Å²) < 4.78 is 37.1. The largest absolute Gasteiger partial charge is 0.454 e. The Morgan fingerprint density at radius 3 is 2.45 bits per heavy atom. The molecule has 10 heteroatoms. The van der Waals surface area contributed by atoms with Crippen LogP contribution in [0.2, 0.25) is 0 Å². The minimum atomic E-state index is -3.79. The summed E-state index contributed by atoms with van der Waals surface area (Å²) in [5.74, 6) is -0.565. The predicted molar refractivity (Wildman–Crippen MR) is 123 cm³/mol. The average Bonchev–Trinajstić information content (AvgIpc) is 3.49. The van der Waals surface area contributed by atoms with Gasteiger partial charge in [0, 0.05) is 18.0 Å². The lowest BCUT2D eigenvalue weighted by molar-refractivity contribution is -0.139. The quantitative estimate of drug-likeness (QED) is 0.497. The van der Waals surface area contributed by atoms with Crippen LogP contribution in [0.5, 0.6) is 11.5 Å². The minimum Gasteiger partial charge on any atom is -0.454 e. The average molecular weight is 487 g/mol. The van der Waals surface area contributed by atoms with E-state index in [1.165, 1.54) is 11.3 Å². The van der Waals surface area contributed by atoms with Crippen LogP contribution in [0.4, 0.5) is 0 Å². The molecule has 4 rings (SSSR count). The summed E-state index contributed by atoms with van der Waals surface area (Å²) in [5.41, 5.74) is 1.67. The topological polar surface area (TPSA) is 111 Å². The van der Waals surface area contributed by atoms with Gasteiger partial charge in [-0.15, -0.1) is 11.3 Å². The first-order chi connectivity index (χ1) is 15.8. The van der Waals surface area contributed by atoms with Gasteiger partial charge in [0.05, 0.1) is 4.90 Å². The van der Waals surface area contributed by atoms with Crippen LogP contribution >= 0.6 is 11.3 Å². The molecule has 172 valence electrons. The van der Waals surface area contributed by atoms with Crippen molar-refractivity contribution in [2.45, 2.75) is 23.6 Å². The summed E-state index contributed by atoms with van der Waals surface area (Å²) in [6.07, 6.45) is 0. The number of nitrogens with one attached hydrogen (secondary N) is 2. The third-order valence-corrected chi connectivity index (χ3v) is 8.36. The summed E-state index contributed by atoms with van der Waals surface area (Å²) >= 11 is 1.28. The lowest BCUT2D eigenvalue weighted by Gasteiger charge is -2.17. The first kappa shape index (κ1) is 22.8. The number of rotatable bonds is 7. The summed E-state index contributed by atoms with van der Waals surface area (Å²) in [6, 6.07) is 15.2. The Hall–Kier alpha value is -3.37. The van der Waals surface area contributed by atoms with E-state index in [0.29, 0.717) is 16.4 Å². The summed E-state index contributed by atoms with van der Waals surface area (Å²) in [5, 5.41) is 5.76. The van der Waals surface area contributed by atoms with E-state index < -0.39 is 26.9 Å². The molecule has 2 N–H and O–H groups in total. The molecular formula is C23H22N2O6S2. The molecule has 1 aromatic heterocycles. The molecule has 8 nitrogen and oxygen atoms in total. The Balaban J connectivity index is 1.40. The fourth-order valence-electron chi connectivity index (χ4n) is 3.31. The standard InChI is InChI=1S/C23H22N2O6S2/c1-15-4-7-17(8-5-15)33(28,29)21(20-3-2-10-32-20)13-25-23(27)22(26)24-12-16-6-9-18-19(11-16)31-14-30-18/h2-11,21H,12-14H2,1H3,(H,24,26)(H,25,27). The lowest BCUT2D eigenvalue weighted by Crippen LogP contribution is -2.42. The Kier molecular flexibility index (Phi) is 6.66. The van der Waals surface area contributed by atoms with Crippen molar-refractivity contribution in [2.24, 2.45) is 0 Å². The number of hydrogen-bond acceptors (Lipinski definition) is 7. The van der Waals surface area contributed by atoms with Crippen molar-refractivity contribution in [3.8, 4) is 11.5 Å². The van der Waals surface area contributed by atoms with E-state index in [4.69, 9.17) is 9.47 Å². The normalized spacial score (nSPS) is 13.4. The molecule has 0 bridgehead atoms. The van der Waals surface area contributed by atoms with Crippen molar-refractivity contribution in [2.75, 3.05) is 13.3 Å². The van der Waals surface area contributed by atoms with Gasteiger partial charge < -0.3 is 20.1 Å². The van der Waals surface area contributed by atoms with Gasteiger partial charge >= 0.3 is 11.8 Å². The van der Waals surface area contributed by atoms with E-state index >= 15 is 0 Å². The maximum absolute atomic E-state index is 13.3. The highest BCUT2D eigenvalue weighted by Gasteiger charge is 2.31. The maximum Gasteiger partial charge on any atom is 0.309 e. The molecule has 0 aliphatic carbocycles. The number of thiophene rings is 1. The van der Waals surface area contributed by atoms with Gasteiger partial charge in [0.2, 0.25) is 6.79 Å². The lowest BCUT2D eigenvalue weighted by atomic mass is 10.2. The Morgan fingerprint density at radius 1 is 1.00 bits per heavy atom. The zero-order valence-electron chi connectivity index (χ0n) is 17.7. The van der Waals surface area contributed by atoms with Gasteiger partial charge in [0.1, 0.15) is 5.25 Å².